The number of rotatable bonds is 3. The predicted octanol–water partition coefficient (Wildman–Crippen LogP) is -0.921. The minimum absolute atomic E-state index is 0.121. The molecule has 2 heterocycles. The molecule has 0 unspecified atom stereocenters. The van der Waals surface area contributed by atoms with Crippen LogP contribution in [0.25, 0.3) is 0 Å². The van der Waals surface area contributed by atoms with E-state index in [1.807, 2.05) is 12.4 Å². The topological polar surface area (TPSA) is 76.2 Å². The van der Waals surface area contributed by atoms with E-state index in [9.17, 15) is 4.79 Å². The first-order chi connectivity index (χ1) is 7.29. The molecule has 6 heteroatoms. The van der Waals surface area contributed by atoms with Crippen molar-refractivity contribution >= 4 is 5.91 Å². The van der Waals surface area contributed by atoms with Gasteiger partial charge in [0.2, 0.25) is 5.91 Å². The van der Waals surface area contributed by atoms with Crippen molar-refractivity contribution in [2.24, 2.45) is 5.84 Å². The molecule has 0 radical (unpaired) electrons. The fourth-order valence-corrected chi connectivity index (χ4v) is 1.75. The molecule has 2 rings (SSSR count). The van der Waals surface area contributed by atoms with Gasteiger partial charge in [-0.25, -0.2) is 10.8 Å². The Bertz CT molecular complexity index is 348. The fraction of sp³-hybridized carbons (Fsp3) is 0.556. The highest BCUT2D eigenvalue weighted by atomic mass is 16.2. The Labute approximate surface area is 88.0 Å². The number of imidazole rings is 1. The third-order valence-corrected chi connectivity index (χ3v) is 2.64. The number of nitrogens with zero attached hydrogens (tertiary/aromatic N) is 3. The van der Waals surface area contributed by atoms with Gasteiger partial charge in [-0.3, -0.25) is 15.1 Å². The summed E-state index contributed by atoms with van der Waals surface area (Å²) < 4.78 is 2.14. The van der Waals surface area contributed by atoms with E-state index >= 15 is 0 Å². The summed E-state index contributed by atoms with van der Waals surface area (Å²) in [6.45, 7) is 3.45. The average Bonchev–Trinajstić information content (AvgIpc) is 2.72. The largest absolute Gasteiger partial charge is 0.333 e. The monoisotopic (exact) mass is 209 g/mol. The fourth-order valence-electron chi connectivity index (χ4n) is 1.75. The Hall–Kier alpha value is -1.40. The van der Waals surface area contributed by atoms with Crippen LogP contribution in [-0.2, 0) is 17.9 Å². The van der Waals surface area contributed by atoms with Crippen LogP contribution in [0.4, 0.5) is 0 Å². The standard InChI is InChI=1S/C9H15N5O/c10-12-9(15)1-3-13-5-6-14-4-2-11-8(14)7-13/h2,4H,1,3,5-7,10H2,(H,12,15). The van der Waals surface area contributed by atoms with Gasteiger partial charge in [-0.1, -0.05) is 0 Å². The van der Waals surface area contributed by atoms with Crippen LogP contribution in [0.2, 0.25) is 0 Å². The molecule has 0 saturated carbocycles. The number of carbonyl (C=O) groups is 1. The lowest BCUT2D eigenvalue weighted by molar-refractivity contribution is -0.121. The molecule has 0 aliphatic carbocycles. The van der Waals surface area contributed by atoms with Crippen LogP contribution in [0, 0.1) is 0 Å². The average molecular weight is 209 g/mol. The lowest BCUT2D eigenvalue weighted by Gasteiger charge is -2.27. The van der Waals surface area contributed by atoms with Crippen molar-refractivity contribution in [3.05, 3.63) is 18.2 Å². The number of nitrogens with one attached hydrogen (secondary N) is 1. The number of amides is 1. The summed E-state index contributed by atoms with van der Waals surface area (Å²) in [6, 6.07) is 0. The minimum atomic E-state index is -0.121. The van der Waals surface area contributed by atoms with E-state index in [1.54, 1.807) is 0 Å². The summed E-state index contributed by atoms with van der Waals surface area (Å²) in [5.74, 6) is 5.96. The minimum Gasteiger partial charge on any atom is -0.333 e. The van der Waals surface area contributed by atoms with E-state index in [-0.39, 0.29) is 5.91 Å². The number of hydrogen-bond donors (Lipinski definition) is 2. The number of hydrogen-bond acceptors (Lipinski definition) is 4. The maximum atomic E-state index is 11.0. The summed E-state index contributed by atoms with van der Waals surface area (Å²) in [5.41, 5.74) is 2.13. The van der Waals surface area contributed by atoms with Crippen LogP contribution in [0.3, 0.4) is 0 Å². The zero-order chi connectivity index (χ0) is 10.7. The van der Waals surface area contributed by atoms with Crippen LogP contribution >= 0.6 is 0 Å². The van der Waals surface area contributed by atoms with E-state index in [0.29, 0.717) is 6.42 Å². The number of aromatic nitrogens is 2. The molecule has 0 aromatic carbocycles. The molecule has 0 spiro atoms. The third kappa shape index (κ3) is 2.34. The van der Waals surface area contributed by atoms with E-state index in [2.05, 4.69) is 19.9 Å². The molecule has 0 atom stereocenters. The first kappa shape index (κ1) is 10.1. The van der Waals surface area contributed by atoms with Crippen LogP contribution in [0.5, 0.6) is 0 Å². The van der Waals surface area contributed by atoms with Gasteiger partial charge >= 0.3 is 0 Å². The van der Waals surface area contributed by atoms with Crippen molar-refractivity contribution in [1.82, 2.24) is 19.9 Å². The lowest BCUT2D eigenvalue weighted by atomic mass is 10.3. The van der Waals surface area contributed by atoms with Gasteiger partial charge in [0.05, 0.1) is 6.54 Å². The smallest absolute Gasteiger partial charge is 0.235 e. The van der Waals surface area contributed by atoms with Gasteiger partial charge in [0.1, 0.15) is 5.82 Å². The molecule has 0 fully saturated rings. The maximum absolute atomic E-state index is 11.0. The molecule has 1 aliphatic heterocycles. The molecule has 1 aliphatic rings. The normalized spacial score (nSPS) is 16.1. The number of nitrogens with two attached hydrogens (primary N) is 1. The third-order valence-electron chi connectivity index (χ3n) is 2.64. The molecule has 1 aromatic rings. The van der Waals surface area contributed by atoms with Crippen molar-refractivity contribution in [3.63, 3.8) is 0 Å². The van der Waals surface area contributed by atoms with Gasteiger partial charge in [-0.2, -0.15) is 0 Å². The zero-order valence-corrected chi connectivity index (χ0v) is 8.52. The first-order valence-electron chi connectivity index (χ1n) is 5.01. The Balaban J connectivity index is 1.85. The lowest BCUT2D eigenvalue weighted by Crippen LogP contribution is -2.38. The summed E-state index contributed by atoms with van der Waals surface area (Å²) in [5, 5.41) is 0. The van der Waals surface area contributed by atoms with Crippen LogP contribution in [0.15, 0.2) is 12.4 Å². The SMILES string of the molecule is NNC(=O)CCN1CCn2ccnc2C1. The van der Waals surface area contributed by atoms with Crippen molar-refractivity contribution < 1.29 is 4.79 Å². The summed E-state index contributed by atoms with van der Waals surface area (Å²) in [6.07, 6.45) is 4.24. The van der Waals surface area contributed by atoms with Gasteiger partial charge in [0.25, 0.3) is 0 Å². The molecule has 0 bridgehead atoms. The van der Waals surface area contributed by atoms with Gasteiger partial charge in [0, 0.05) is 38.4 Å². The van der Waals surface area contributed by atoms with Gasteiger partial charge in [-0.15, -0.1) is 0 Å². The van der Waals surface area contributed by atoms with Crippen molar-refractivity contribution in [3.8, 4) is 0 Å². The Kier molecular flexibility index (Phi) is 2.98. The van der Waals surface area contributed by atoms with Crippen LogP contribution < -0.4 is 11.3 Å². The van der Waals surface area contributed by atoms with E-state index in [1.165, 1.54) is 0 Å². The van der Waals surface area contributed by atoms with Gasteiger partial charge < -0.3 is 4.57 Å². The van der Waals surface area contributed by atoms with Crippen molar-refractivity contribution in [2.75, 3.05) is 13.1 Å². The second-order valence-electron chi connectivity index (χ2n) is 3.63. The second-order valence-corrected chi connectivity index (χ2v) is 3.63. The second kappa shape index (κ2) is 4.41. The van der Waals surface area contributed by atoms with E-state index in [4.69, 9.17) is 5.84 Å². The summed E-state index contributed by atoms with van der Waals surface area (Å²) >= 11 is 0. The number of carbonyl (C=O) groups excluding carboxylic acids is 1. The first-order valence-corrected chi connectivity index (χ1v) is 5.01. The Morgan fingerprint density at radius 2 is 2.47 bits per heavy atom. The summed E-state index contributed by atoms with van der Waals surface area (Å²) in [7, 11) is 0. The van der Waals surface area contributed by atoms with E-state index < -0.39 is 0 Å². The molecular weight excluding hydrogens is 194 g/mol. The molecule has 1 amide bonds. The molecule has 6 nitrogen and oxygen atoms in total. The highest BCUT2D eigenvalue weighted by Crippen LogP contribution is 2.09. The molecular formula is C9H15N5O. The molecule has 15 heavy (non-hydrogen) atoms. The highest BCUT2D eigenvalue weighted by Gasteiger charge is 2.16. The number of hydrazine groups is 1. The molecule has 3 N–H and O–H groups in total. The molecule has 82 valence electrons. The Morgan fingerprint density at radius 3 is 3.27 bits per heavy atom. The quantitative estimate of drug-likeness (QED) is 0.383. The maximum Gasteiger partial charge on any atom is 0.235 e. The summed E-state index contributed by atoms with van der Waals surface area (Å²) in [4.78, 5) is 17.4. The van der Waals surface area contributed by atoms with Gasteiger partial charge in [0.15, 0.2) is 0 Å². The predicted molar refractivity (Wildman–Crippen MR) is 54.5 cm³/mol. The van der Waals surface area contributed by atoms with Crippen LogP contribution in [0.1, 0.15) is 12.2 Å². The number of fused-ring (bicyclic) bond motifs is 1. The van der Waals surface area contributed by atoms with Crippen LogP contribution in [-0.4, -0.2) is 33.4 Å². The molecule has 1 aromatic heterocycles. The van der Waals surface area contributed by atoms with E-state index in [0.717, 1.165) is 32.0 Å². The zero-order valence-electron chi connectivity index (χ0n) is 8.52. The van der Waals surface area contributed by atoms with Crippen molar-refractivity contribution in [1.29, 1.82) is 0 Å². The molecule has 0 saturated heterocycles. The van der Waals surface area contributed by atoms with Crippen molar-refractivity contribution in [2.45, 2.75) is 19.5 Å². The Morgan fingerprint density at radius 1 is 1.60 bits per heavy atom. The van der Waals surface area contributed by atoms with Gasteiger partial charge in [-0.05, 0) is 0 Å². The highest BCUT2D eigenvalue weighted by molar-refractivity contribution is 5.75.